The van der Waals surface area contributed by atoms with E-state index in [1.54, 1.807) is 6.33 Å². The molecule has 0 spiro atoms. The lowest BCUT2D eigenvalue weighted by Gasteiger charge is -2.35. The second kappa shape index (κ2) is 6.30. The maximum absolute atomic E-state index is 6.99. The lowest BCUT2D eigenvalue weighted by Crippen LogP contribution is -2.53. The van der Waals surface area contributed by atoms with Gasteiger partial charge in [0, 0.05) is 30.6 Å². The lowest BCUT2D eigenvalue weighted by atomic mass is 9.95. The van der Waals surface area contributed by atoms with E-state index < -0.39 is 0 Å². The van der Waals surface area contributed by atoms with Gasteiger partial charge in [0.25, 0.3) is 0 Å². The van der Waals surface area contributed by atoms with Gasteiger partial charge in [0.1, 0.15) is 18.8 Å². The fourth-order valence-electron chi connectivity index (χ4n) is 4.54. The van der Waals surface area contributed by atoms with E-state index in [0.29, 0.717) is 17.4 Å². The summed E-state index contributed by atoms with van der Waals surface area (Å²) in [7, 11) is 0. The van der Waals surface area contributed by atoms with Gasteiger partial charge in [-0.05, 0) is 30.2 Å². The van der Waals surface area contributed by atoms with E-state index in [9.17, 15) is 0 Å². The molecule has 6 rings (SSSR count). The Morgan fingerprint density at radius 1 is 1.28 bits per heavy atom. The van der Waals surface area contributed by atoms with Crippen LogP contribution in [0.1, 0.15) is 5.56 Å². The molecule has 7 nitrogen and oxygen atoms in total. The van der Waals surface area contributed by atoms with E-state index in [1.165, 1.54) is 0 Å². The summed E-state index contributed by atoms with van der Waals surface area (Å²) < 4.78 is 6.30. The molecule has 2 aliphatic heterocycles. The van der Waals surface area contributed by atoms with E-state index in [2.05, 4.69) is 43.4 Å². The summed E-state index contributed by atoms with van der Waals surface area (Å²) in [5.41, 5.74) is 4.88. The zero-order chi connectivity index (χ0) is 19.5. The van der Waals surface area contributed by atoms with E-state index in [-0.39, 0.29) is 6.04 Å². The molecule has 2 aromatic heterocycles. The summed E-state index contributed by atoms with van der Waals surface area (Å²) in [5, 5.41) is 13.2. The highest BCUT2D eigenvalue weighted by atomic mass is 35.5. The number of piperazine rings is 1. The summed E-state index contributed by atoms with van der Waals surface area (Å²) in [5.74, 6) is 1.57. The quantitative estimate of drug-likeness (QED) is 0.505. The number of halogens is 1. The van der Waals surface area contributed by atoms with Crippen LogP contribution in [0.15, 0.2) is 30.7 Å². The fourth-order valence-corrected chi connectivity index (χ4v) is 4.83. The van der Waals surface area contributed by atoms with E-state index >= 15 is 0 Å². The molecule has 2 N–H and O–H groups in total. The summed E-state index contributed by atoms with van der Waals surface area (Å²) in [4.78, 5) is 11.5. The Bertz CT molecular complexity index is 1270. The summed E-state index contributed by atoms with van der Waals surface area (Å²) in [6, 6.07) is 6.37. The number of aromatic nitrogens is 4. The number of nitrogens with one attached hydrogen (secondary N) is 2. The molecule has 0 aliphatic carbocycles. The molecular weight excluding hydrogens is 388 g/mol. The predicted molar refractivity (Wildman–Crippen MR) is 114 cm³/mol. The van der Waals surface area contributed by atoms with Crippen molar-refractivity contribution in [3.63, 3.8) is 0 Å². The lowest BCUT2D eigenvalue weighted by molar-refractivity contribution is 0.274. The van der Waals surface area contributed by atoms with Crippen LogP contribution >= 0.6 is 11.6 Å². The number of hydrogen-bond acceptors (Lipinski definition) is 6. The third kappa shape index (κ3) is 2.44. The largest absolute Gasteiger partial charge is 0.489 e. The maximum Gasteiger partial charge on any atom is 0.151 e. The van der Waals surface area contributed by atoms with Crippen molar-refractivity contribution >= 4 is 39.2 Å². The number of fused-ring (bicyclic) bond motifs is 3. The topological polar surface area (TPSA) is 79.0 Å². The Hall–Kier alpha value is -2.90. The van der Waals surface area contributed by atoms with Gasteiger partial charge in [0.15, 0.2) is 5.75 Å². The molecule has 1 atom stereocenters. The Labute approximate surface area is 172 Å². The van der Waals surface area contributed by atoms with Crippen molar-refractivity contribution in [2.45, 2.75) is 13.0 Å². The molecule has 4 aromatic rings. The molecule has 146 valence electrons. The van der Waals surface area contributed by atoms with E-state index in [0.717, 1.165) is 63.9 Å². The highest BCUT2D eigenvalue weighted by Gasteiger charge is 2.32. The number of hydrogen-bond donors (Lipinski definition) is 2. The molecule has 2 aromatic carbocycles. The predicted octanol–water partition coefficient (Wildman–Crippen LogP) is 3.31. The fraction of sp³-hybridized carbons (Fsp3) is 0.286. The Kier molecular flexibility index (Phi) is 3.69. The average Bonchev–Trinajstić information content (AvgIpc) is 3.14. The van der Waals surface area contributed by atoms with Gasteiger partial charge in [-0.2, -0.15) is 5.10 Å². The van der Waals surface area contributed by atoms with Gasteiger partial charge in [-0.15, -0.1) is 0 Å². The minimum atomic E-state index is 0.216. The number of ether oxygens (including phenoxy) is 1. The monoisotopic (exact) mass is 406 g/mol. The van der Waals surface area contributed by atoms with Gasteiger partial charge in [-0.25, -0.2) is 9.97 Å². The molecule has 0 radical (unpaired) electrons. The molecule has 29 heavy (non-hydrogen) atoms. The van der Waals surface area contributed by atoms with Crippen molar-refractivity contribution < 1.29 is 4.74 Å². The van der Waals surface area contributed by atoms with Crippen LogP contribution in [0.25, 0.3) is 32.9 Å². The summed E-state index contributed by atoms with van der Waals surface area (Å²) in [6.45, 7) is 5.30. The molecule has 4 heterocycles. The van der Waals surface area contributed by atoms with Crippen LogP contribution in [0.3, 0.4) is 0 Å². The van der Waals surface area contributed by atoms with Crippen LogP contribution in [0.4, 0.5) is 5.82 Å². The molecule has 0 saturated carbocycles. The van der Waals surface area contributed by atoms with Crippen LogP contribution in [0.2, 0.25) is 5.02 Å². The van der Waals surface area contributed by atoms with Crippen molar-refractivity contribution in [2.75, 3.05) is 31.1 Å². The van der Waals surface area contributed by atoms with Gasteiger partial charge in [0.05, 0.1) is 33.7 Å². The first-order valence-corrected chi connectivity index (χ1v) is 10.1. The van der Waals surface area contributed by atoms with Crippen LogP contribution in [0.5, 0.6) is 5.75 Å². The van der Waals surface area contributed by atoms with Crippen LogP contribution in [-0.4, -0.2) is 52.4 Å². The molecule has 1 fully saturated rings. The summed E-state index contributed by atoms with van der Waals surface area (Å²) >= 11 is 6.99. The number of aryl methyl sites for hydroxylation is 1. The zero-order valence-corrected chi connectivity index (χ0v) is 16.6. The first kappa shape index (κ1) is 17.0. The third-order valence-electron chi connectivity index (χ3n) is 5.94. The Morgan fingerprint density at radius 2 is 2.21 bits per heavy atom. The smallest absolute Gasteiger partial charge is 0.151 e. The minimum Gasteiger partial charge on any atom is -0.489 e. The first-order valence-electron chi connectivity index (χ1n) is 9.73. The maximum atomic E-state index is 6.99. The molecule has 8 heteroatoms. The molecule has 0 amide bonds. The standard InChI is InChI=1S/C21H19ClN6O/c1-11-2-3-15-14(8-26-27-15)17(11)13-6-16-18-20(19(13)22)29-9-12-7-23-4-5-28(12)21(18)25-10-24-16/h2-3,6,8,10,12,23H,4-5,7,9H2,1H3,(H,26,27)/t12-/m0/s1. The van der Waals surface area contributed by atoms with Crippen molar-refractivity contribution in [3.8, 4) is 16.9 Å². The summed E-state index contributed by atoms with van der Waals surface area (Å²) in [6.07, 6.45) is 3.48. The number of H-pyrrole nitrogens is 1. The van der Waals surface area contributed by atoms with Crippen LogP contribution in [0, 0.1) is 6.92 Å². The molecule has 1 saturated heterocycles. The zero-order valence-electron chi connectivity index (χ0n) is 15.9. The average molecular weight is 407 g/mol. The second-order valence-corrected chi connectivity index (χ2v) is 7.99. The van der Waals surface area contributed by atoms with Gasteiger partial charge >= 0.3 is 0 Å². The Morgan fingerprint density at radius 3 is 3.14 bits per heavy atom. The third-order valence-corrected chi connectivity index (χ3v) is 6.32. The normalized spacial score (nSPS) is 18.6. The number of aromatic amines is 1. The second-order valence-electron chi connectivity index (χ2n) is 7.61. The molecular formula is C21H19ClN6O. The SMILES string of the molecule is Cc1ccc2[nH]ncc2c1-c1cc2ncnc3c2c(c1Cl)OC[C@@H]1CNCCN31. The molecule has 2 aliphatic rings. The highest BCUT2D eigenvalue weighted by Crippen LogP contribution is 2.47. The number of anilines is 1. The molecule has 0 bridgehead atoms. The van der Waals surface area contributed by atoms with Crippen molar-refractivity contribution in [1.82, 2.24) is 25.5 Å². The Balaban J connectivity index is 1.66. The molecule has 0 unspecified atom stereocenters. The van der Waals surface area contributed by atoms with E-state index in [1.807, 2.05) is 18.3 Å². The minimum absolute atomic E-state index is 0.216. The van der Waals surface area contributed by atoms with Crippen molar-refractivity contribution in [3.05, 3.63) is 41.3 Å². The van der Waals surface area contributed by atoms with Crippen LogP contribution in [-0.2, 0) is 0 Å². The van der Waals surface area contributed by atoms with Gasteiger partial charge < -0.3 is 15.0 Å². The number of nitrogens with zero attached hydrogens (tertiary/aromatic N) is 4. The highest BCUT2D eigenvalue weighted by molar-refractivity contribution is 6.37. The van der Waals surface area contributed by atoms with Gasteiger partial charge in [-0.3, -0.25) is 5.10 Å². The van der Waals surface area contributed by atoms with Crippen molar-refractivity contribution in [2.24, 2.45) is 0 Å². The van der Waals surface area contributed by atoms with E-state index in [4.69, 9.17) is 16.3 Å². The number of rotatable bonds is 1. The van der Waals surface area contributed by atoms with Crippen LogP contribution < -0.4 is 15.0 Å². The first-order chi connectivity index (χ1) is 14.2. The number of benzene rings is 2. The van der Waals surface area contributed by atoms with Crippen molar-refractivity contribution in [1.29, 1.82) is 0 Å². The van der Waals surface area contributed by atoms with Gasteiger partial charge in [-0.1, -0.05) is 17.7 Å². The van der Waals surface area contributed by atoms with Gasteiger partial charge in [0.2, 0.25) is 0 Å².